The lowest BCUT2D eigenvalue weighted by molar-refractivity contribution is 0.0769. The number of benzene rings is 2. The zero-order chi connectivity index (χ0) is 27.6. The highest BCUT2D eigenvalue weighted by molar-refractivity contribution is 7.89. The van der Waals surface area contributed by atoms with Crippen LogP contribution in [-0.2, 0) is 11.4 Å². The minimum Gasteiger partial charge on any atom is -0.593 e. The SMILES string of the molecule is COc1ccc([S+]([O-])N2CCC3=CC(Nc4ccc(F)cc4)=C(C=N)CC3(C(=O)c3ccccn3)C2)cc1C. The molecule has 1 fully saturated rings. The van der Waals surface area contributed by atoms with E-state index < -0.39 is 16.8 Å². The number of anilines is 1. The van der Waals surface area contributed by atoms with Gasteiger partial charge in [0.05, 0.1) is 30.4 Å². The van der Waals surface area contributed by atoms with Crippen molar-refractivity contribution < 1.29 is 18.5 Å². The Hall–Kier alpha value is -3.79. The molecule has 3 aromatic rings. The van der Waals surface area contributed by atoms with E-state index in [1.165, 1.54) is 18.3 Å². The predicted molar refractivity (Wildman–Crippen MR) is 150 cm³/mol. The number of aryl methyl sites for hydroxylation is 1. The van der Waals surface area contributed by atoms with Gasteiger partial charge < -0.3 is 20.0 Å². The molecule has 2 heterocycles. The molecule has 2 aromatic carbocycles. The number of rotatable bonds is 8. The number of nitrogens with one attached hydrogen (secondary N) is 2. The number of carbonyl (C=O) groups is 1. The molecule has 5 rings (SSSR count). The summed E-state index contributed by atoms with van der Waals surface area (Å²) in [5, 5.41) is 11.5. The topological polar surface area (TPSA) is 101 Å². The number of aromatic nitrogens is 1. The van der Waals surface area contributed by atoms with Crippen molar-refractivity contribution >= 4 is 29.0 Å². The first-order valence-electron chi connectivity index (χ1n) is 12.6. The average Bonchev–Trinajstić information content (AvgIpc) is 2.97. The van der Waals surface area contributed by atoms with Crippen LogP contribution in [0.5, 0.6) is 5.75 Å². The lowest BCUT2D eigenvalue weighted by Gasteiger charge is -2.45. The van der Waals surface area contributed by atoms with Gasteiger partial charge in [0.15, 0.2) is 10.7 Å². The van der Waals surface area contributed by atoms with E-state index in [0.29, 0.717) is 40.5 Å². The van der Waals surface area contributed by atoms with E-state index in [0.717, 1.165) is 16.9 Å². The number of ether oxygens (including phenoxy) is 1. The quantitative estimate of drug-likeness (QED) is 0.221. The van der Waals surface area contributed by atoms with Crippen molar-refractivity contribution in [1.29, 1.82) is 5.41 Å². The molecule has 2 N–H and O–H groups in total. The number of hydrogen-bond donors (Lipinski definition) is 2. The summed E-state index contributed by atoms with van der Waals surface area (Å²) in [6.45, 7) is 2.61. The fourth-order valence-electron chi connectivity index (χ4n) is 5.26. The van der Waals surface area contributed by atoms with Gasteiger partial charge in [0.1, 0.15) is 17.3 Å². The van der Waals surface area contributed by atoms with Crippen LogP contribution in [0.3, 0.4) is 0 Å². The normalized spacial score (nSPS) is 20.1. The second kappa shape index (κ2) is 11.1. The molecule has 2 atom stereocenters. The molecule has 2 aliphatic rings. The highest BCUT2D eigenvalue weighted by Gasteiger charge is 2.51. The minimum absolute atomic E-state index is 0.165. The second-order valence-electron chi connectivity index (χ2n) is 9.68. The van der Waals surface area contributed by atoms with Crippen molar-refractivity contribution in [3.05, 3.63) is 107 Å². The maximum absolute atomic E-state index is 14.2. The van der Waals surface area contributed by atoms with Crippen molar-refractivity contribution in [1.82, 2.24) is 9.29 Å². The van der Waals surface area contributed by atoms with E-state index in [2.05, 4.69) is 10.3 Å². The first kappa shape index (κ1) is 26.8. The Bertz CT molecular complexity index is 1460. The fraction of sp³-hybridized carbons (Fsp3) is 0.233. The Morgan fingerprint density at radius 1 is 1.23 bits per heavy atom. The van der Waals surface area contributed by atoms with E-state index in [9.17, 15) is 13.7 Å². The van der Waals surface area contributed by atoms with E-state index in [-0.39, 0.29) is 24.6 Å². The summed E-state index contributed by atoms with van der Waals surface area (Å²) in [4.78, 5) is 19.1. The van der Waals surface area contributed by atoms with Gasteiger partial charge in [-0.3, -0.25) is 9.78 Å². The number of carbonyl (C=O) groups excluding carboxylic acids is 1. The summed E-state index contributed by atoms with van der Waals surface area (Å²) < 4.78 is 34.4. The molecular weight excluding hydrogens is 515 g/mol. The van der Waals surface area contributed by atoms with E-state index in [4.69, 9.17) is 10.1 Å². The van der Waals surface area contributed by atoms with Crippen molar-refractivity contribution in [2.45, 2.75) is 24.7 Å². The summed E-state index contributed by atoms with van der Waals surface area (Å²) in [5.74, 6) is 0.217. The second-order valence-corrected chi connectivity index (χ2v) is 11.2. The van der Waals surface area contributed by atoms with Crippen molar-refractivity contribution in [2.24, 2.45) is 5.41 Å². The molecule has 0 bridgehead atoms. The Labute approximate surface area is 230 Å². The van der Waals surface area contributed by atoms with Crippen LogP contribution in [0.4, 0.5) is 10.1 Å². The number of methoxy groups -OCH3 is 1. The molecule has 0 radical (unpaired) electrons. The Morgan fingerprint density at radius 3 is 2.69 bits per heavy atom. The number of halogens is 1. The molecule has 9 heteroatoms. The van der Waals surface area contributed by atoms with Crippen molar-refractivity contribution in [3.63, 3.8) is 0 Å². The Morgan fingerprint density at radius 2 is 2.03 bits per heavy atom. The summed E-state index contributed by atoms with van der Waals surface area (Å²) in [6.07, 6.45) is 5.51. The van der Waals surface area contributed by atoms with Gasteiger partial charge in [0.25, 0.3) is 0 Å². The van der Waals surface area contributed by atoms with Crippen LogP contribution in [-0.4, -0.2) is 46.0 Å². The minimum atomic E-state index is -1.51. The Kier molecular flexibility index (Phi) is 7.65. The lowest BCUT2D eigenvalue weighted by atomic mass is 9.65. The van der Waals surface area contributed by atoms with Crippen LogP contribution in [0, 0.1) is 23.6 Å². The van der Waals surface area contributed by atoms with Gasteiger partial charge in [-0.05, 0) is 85.5 Å². The molecular formula is C30H29FN4O3S. The van der Waals surface area contributed by atoms with Crippen LogP contribution in [0.1, 0.15) is 28.9 Å². The molecule has 1 aromatic heterocycles. The predicted octanol–water partition coefficient (Wildman–Crippen LogP) is 5.48. The van der Waals surface area contributed by atoms with E-state index in [1.807, 2.05) is 23.4 Å². The van der Waals surface area contributed by atoms with Gasteiger partial charge >= 0.3 is 0 Å². The molecule has 1 aliphatic heterocycles. The Balaban J connectivity index is 1.52. The monoisotopic (exact) mass is 544 g/mol. The number of piperidine rings is 1. The van der Waals surface area contributed by atoms with Gasteiger partial charge in [-0.25, -0.2) is 4.39 Å². The maximum atomic E-state index is 14.2. The van der Waals surface area contributed by atoms with Crippen LogP contribution in [0.15, 0.2) is 94.7 Å². The van der Waals surface area contributed by atoms with Crippen LogP contribution in [0.25, 0.3) is 0 Å². The molecule has 0 saturated carbocycles. The number of Topliss-reactive ketones (excluding diaryl/α,β-unsaturated/α-hetero) is 1. The molecule has 7 nitrogen and oxygen atoms in total. The number of fused-ring (bicyclic) bond motifs is 1. The van der Waals surface area contributed by atoms with Crippen molar-refractivity contribution in [3.8, 4) is 5.75 Å². The summed E-state index contributed by atoms with van der Waals surface area (Å²) >= 11 is -1.51. The third-order valence-corrected chi connectivity index (χ3v) is 8.72. The smallest absolute Gasteiger partial charge is 0.193 e. The fourth-order valence-corrected chi connectivity index (χ4v) is 6.61. The highest BCUT2D eigenvalue weighted by atomic mass is 32.2. The van der Waals surface area contributed by atoms with Crippen molar-refractivity contribution in [2.75, 3.05) is 25.5 Å². The molecule has 0 amide bonds. The lowest BCUT2D eigenvalue weighted by Crippen LogP contribution is -2.52. The van der Waals surface area contributed by atoms with Crippen LogP contribution < -0.4 is 10.1 Å². The molecule has 200 valence electrons. The zero-order valence-electron chi connectivity index (χ0n) is 21.7. The van der Waals surface area contributed by atoms with Crippen LogP contribution >= 0.6 is 0 Å². The third-order valence-electron chi connectivity index (χ3n) is 7.28. The summed E-state index contributed by atoms with van der Waals surface area (Å²) in [5.41, 5.74) is 3.06. The largest absolute Gasteiger partial charge is 0.593 e. The van der Waals surface area contributed by atoms with Gasteiger partial charge in [-0.15, -0.1) is 4.31 Å². The van der Waals surface area contributed by atoms with E-state index >= 15 is 0 Å². The average molecular weight is 545 g/mol. The standard InChI is InChI=1S/C30H29FN4O3S/c1-20-15-25(10-11-28(20)38-2)39(37)35-14-12-22-16-27(34-24-8-6-23(31)7-9-24)21(18-32)17-30(22,19-35)29(36)26-5-3-4-13-33-26/h3-11,13,15-16,18,32,34H,12,14,17,19H2,1-2H3. The van der Waals surface area contributed by atoms with Gasteiger partial charge in [-0.2, -0.15) is 0 Å². The van der Waals surface area contributed by atoms with Gasteiger partial charge in [-0.1, -0.05) is 11.6 Å². The number of pyridine rings is 1. The highest BCUT2D eigenvalue weighted by Crippen LogP contribution is 2.48. The number of hydrogen-bond acceptors (Lipinski definition) is 7. The van der Waals surface area contributed by atoms with Crippen LogP contribution in [0.2, 0.25) is 0 Å². The van der Waals surface area contributed by atoms with Gasteiger partial charge in [0.2, 0.25) is 0 Å². The first-order chi connectivity index (χ1) is 18.8. The molecule has 2 unspecified atom stereocenters. The number of ketones is 1. The molecule has 0 spiro atoms. The summed E-state index contributed by atoms with van der Waals surface area (Å²) in [6, 6.07) is 16.7. The first-order valence-corrected chi connectivity index (χ1v) is 13.7. The molecule has 1 saturated heterocycles. The number of nitrogens with zero attached hydrogens (tertiary/aromatic N) is 2. The van der Waals surface area contributed by atoms with E-state index in [1.54, 1.807) is 55.8 Å². The summed E-state index contributed by atoms with van der Waals surface area (Å²) in [7, 11) is 1.60. The molecule has 39 heavy (non-hydrogen) atoms. The maximum Gasteiger partial charge on any atom is 0.193 e. The zero-order valence-corrected chi connectivity index (χ0v) is 22.6. The number of allylic oxidation sites excluding steroid dienone is 2. The van der Waals surface area contributed by atoms with Gasteiger partial charge in [0, 0.05) is 36.4 Å². The molecule has 1 aliphatic carbocycles. The third kappa shape index (κ3) is 5.25.